The Hall–Kier alpha value is -1.78. The number of hydrogen-bond donors (Lipinski definition) is 2. The minimum absolute atomic E-state index is 0.00870. The van der Waals surface area contributed by atoms with Crippen molar-refractivity contribution >= 4 is 11.8 Å². The Bertz CT molecular complexity index is 438. The number of aromatic nitrogens is 1. The molecule has 1 atom stereocenters. The van der Waals surface area contributed by atoms with Crippen LogP contribution in [0.25, 0.3) is 0 Å². The molecular formula is C15H25N3O2. The van der Waals surface area contributed by atoms with E-state index in [1.54, 1.807) is 7.05 Å². The van der Waals surface area contributed by atoms with E-state index >= 15 is 0 Å². The summed E-state index contributed by atoms with van der Waals surface area (Å²) in [7, 11) is 1.62. The second-order valence-electron chi connectivity index (χ2n) is 5.60. The van der Waals surface area contributed by atoms with Crippen LogP contribution in [-0.2, 0) is 9.59 Å². The van der Waals surface area contributed by atoms with Crippen LogP contribution in [0.15, 0.2) is 24.5 Å². The lowest BCUT2D eigenvalue weighted by Crippen LogP contribution is -2.46. The highest BCUT2D eigenvalue weighted by molar-refractivity contribution is 5.81. The van der Waals surface area contributed by atoms with Crippen LogP contribution in [-0.4, -0.2) is 29.0 Å². The second kappa shape index (κ2) is 7.12. The van der Waals surface area contributed by atoms with E-state index in [-0.39, 0.29) is 17.9 Å². The zero-order valence-corrected chi connectivity index (χ0v) is 12.8. The molecule has 0 aliphatic heterocycles. The van der Waals surface area contributed by atoms with Crippen LogP contribution >= 0.6 is 0 Å². The van der Waals surface area contributed by atoms with Gasteiger partial charge in [0.25, 0.3) is 0 Å². The lowest BCUT2D eigenvalue weighted by atomic mass is 9.97. The SMILES string of the molecule is CC[C@@H](C(=O)NC(C)(C)CCC(=O)NC)n1cccc1. The van der Waals surface area contributed by atoms with E-state index in [1.807, 2.05) is 49.9 Å². The van der Waals surface area contributed by atoms with Gasteiger partial charge in [-0.1, -0.05) is 6.92 Å². The average molecular weight is 279 g/mol. The van der Waals surface area contributed by atoms with Crippen LogP contribution < -0.4 is 10.6 Å². The number of carbonyl (C=O) groups is 2. The minimum Gasteiger partial charge on any atom is -0.359 e. The number of nitrogens with zero attached hydrogens (tertiary/aromatic N) is 1. The molecule has 0 bridgehead atoms. The van der Waals surface area contributed by atoms with Crippen LogP contribution in [0.5, 0.6) is 0 Å². The normalized spacial score (nSPS) is 12.8. The van der Waals surface area contributed by atoms with E-state index < -0.39 is 5.54 Å². The van der Waals surface area contributed by atoms with Gasteiger partial charge >= 0.3 is 0 Å². The molecule has 1 heterocycles. The van der Waals surface area contributed by atoms with E-state index in [4.69, 9.17) is 0 Å². The Morgan fingerprint density at radius 2 is 1.85 bits per heavy atom. The highest BCUT2D eigenvalue weighted by Gasteiger charge is 2.26. The first kappa shape index (κ1) is 16.3. The molecule has 0 radical (unpaired) electrons. The zero-order chi connectivity index (χ0) is 15.2. The number of amides is 2. The maximum atomic E-state index is 12.4. The Morgan fingerprint density at radius 1 is 1.25 bits per heavy atom. The lowest BCUT2D eigenvalue weighted by molar-refractivity contribution is -0.127. The van der Waals surface area contributed by atoms with Gasteiger partial charge in [0.15, 0.2) is 0 Å². The number of hydrogen-bond acceptors (Lipinski definition) is 2. The Labute approximate surface area is 120 Å². The summed E-state index contributed by atoms with van der Waals surface area (Å²) in [5.41, 5.74) is -0.399. The van der Waals surface area contributed by atoms with Gasteiger partial charge < -0.3 is 15.2 Å². The van der Waals surface area contributed by atoms with Gasteiger partial charge in [-0.05, 0) is 38.8 Å². The average Bonchev–Trinajstić information content (AvgIpc) is 2.90. The van der Waals surface area contributed by atoms with Gasteiger partial charge in [-0.25, -0.2) is 0 Å². The first-order valence-corrected chi connectivity index (χ1v) is 7.04. The molecule has 5 heteroatoms. The fourth-order valence-electron chi connectivity index (χ4n) is 2.12. The van der Waals surface area contributed by atoms with Gasteiger partial charge in [0, 0.05) is 31.4 Å². The summed E-state index contributed by atoms with van der Waals surface area (Å²) in [5.74, 6) is -0.0182. The molecule has 2 amide bonds. The number of rotatable bonds is 7. The summed E-state index contributed by atoms with van der Waals surface area (Å²) in [5, 5.41) is 5.63. The molecule has 20 heavy (non-hydrogen) atoms. The third-order valence-corrected chi connectivity index (χ3v) is 3.39. The van der Waals surface area contributed by atoms with Crippen molar-refractivity contribution in [3.63, 3.8) is 0 Å². The molecule has 0 unspecified atom stereocenters. The quantitative estimate of drug-likeness (QED) is 0.800. The van der Waals surface area contributed by atoms with Gasteiger partial charge in [-0.15, -0.1) is 0 Å². The minimum atomic E-state index is -0.399. The molecule has 0 aliphatic rings. The molecule has 0 spiro atoms. The highest BCUT2D eigenvalue weighted by atomic mass is 16.2. The molecule has 0 aliphatic carbocycles. The Morgan fingerprint density at radius 3 is 2.35 bits per heavy atom. The van der Waals surface area contributed by atoms with Gasteiger partial charge in [0.05, 0.1) is 0 Å². The topological polar surface area (TPSA) is 63.1 Å². The Kier molecular flexibility index (Phi) is 5.80. The fraction of sp³-hybridized carbons (Fsp3) is 0.600. The zero-order valence-electron chi connectivity index (χ0n) is 12.8. The molecule has 112 valence electrons. The van der Waals surface area contributed by atoms with Crippen molar-refractivity contribution in [2.75, 3.05) is 7.05 Å². The Balaban J connectivity index is 2.61. The second-order valence-corrected chi connectivity index (χ2v) is 5.60. The van der Waals surface area contributed by atoms with Gasteiger partial charge in [-0.2, -0.15) is 0 Å². The first-order chi connectivity index (χ1) is 9.39. The third kappa shape index (κ3) is 4.72. The monoisotopic (exact) mass is 279 g/mol. The van der Waals surface area contributed by atoms with Gasteiger partial charge in [0.1, 0.15) is 6.04 Å². The van der Waals surface area contributed by atoms with Crippen molar-refractivity contribution in [1.82, 2.24) is 15.2 Å². The molecule has 0 saturated heterocycles. The lowest BCUT2D eigenvalue weighted by Gasteiger charge is -2.29. The summed E-state index contributed by atoms with van der Waals surface area (Å²) < 4.78 is 1.91. The molecular weight excluding hydrogens is 254 g/mol. The van der Waals surface area contributed by atoms with Crippen molar-refractivity contribution in [3.05, 3.63) is 24.5 Å². The smallest absolute Gasteiger partial charge is 0.243 e. The van der Waals surface area contributed by atoms with Crippen LogP contribution in [0, 0.1) is 0 Å². The van der Waals surface area contributed by atoms with Crippen molar-refractivity contribution in [2.45, 2.75) is 51.6 Å². The van der Waals surface area contributed by atoms with E-state index in [9.17, 15) is 9.59 Å². The van der Waals surface area contributed by atoms with Crippen LogP contribution in [0.1, 0.15) is 46.1 Å². The molecule has 1 rings (SSSR count). The van der Waals surface area contributed by atoms with E-state index in [0.717, 1.165) is 6.42 Å². The van der Waals surface area contributed by atoms with Gasteiger partial charge in [-0.3, -0.25) is 9.59 Å². The van der Waals surface area contributed by atoms with Crippen LogP contribution in [0.3, 0.4) is 0 Å². The predicted molar refractivity (Wildman–Crippen MR) is 79.3 cm³/mol. The third-order valence-electron chi connectivity index (χ3n) is 3.39. The first-order valence-electron chi connectivity index (χ1n) is 7.04. The van der Waals surface area contributed by atoms with Crippen molar-refractivity contribution < 1.29 is 9.59 Å². The molecule has 0 saturated carbocycles. The van der Waals surface area contributed by atoms with Crippen molar-refractivity contribution in [3.8, 4) is 0 Å². The summed E-state index contributed by atoms with van der Waals surface area (Å²) in [6.45, 7) is 5.87. The molecule has 0 aromatic carbocycles. The standard InChI is InChI=1S/C15H25N3O2/c1-5-12(18-10-6-7-11-18)14(20)17-15(2,3)9-8-13(19)16-4/h6-7,10-12H,5,8-9H2,1-4H3,(H,16,19)(H,17,20)/t12-/m0/s1. The summed E-state index contributed by atoms with van der Waals surface area (Å²) in [6.07, 6.45) is 5.53. The molecule has 1 aromatic heterocycles. The summed E-state index contributed by atoms with van der Waals surface area (Å²) in [4.78, 5) is 23.7. The maximum Gasteiger partial charge on any atom is 0.243 e. The van der Waals surface area contributed by atoms with Crippen molar-refractivity contribution in [1.29, 1.82) is 0 Å². The predicted octanol–water partition coefficient (Wildman–Crippen LogP) is 1.86. The molecule has 2 N–H and O–H groups in total. The number of nitrogens with one attached hydrogen (secondary N) is 2. The van der Waals surface area contributed by atoms with Gasteiger partial charge in [0.2, 0.25) is 11.8 Å². The summed E-state index contributed by atoms with van der Waals surface area (Å²) in [6, 6.07) is 3.61. The van der Waals surface area contributed by atoms with Crippen LogP contribution in [0.2, 0.25) is 0 Å². The summed E-state index contributed by atoms with van der Waals surface area (Å²) >= 11 is 0. The molecule has 1 aromatic rings. The highest BCUT2D eigenvalue weighted by Crippen LogP contribution is 2.16. The largest absolute Gasteiger partial charge is 0.359 e. The molecule has 5 nitrogen and oxygen atoms in total. The fourth-order valence-corrected chi connectivity index (χ4v) is 2.12. The number of carbonyl (C=O) groups excluding carboxylic acids is 2. The van der Waals surface area contributed by atoms with Crippen LogP contribution in [0.4, 0.5) is 0 Å². The molecule has 0 fully saturated rings. The maximum absolute atomic E-state index is 12.4. The van der Waals surface area contributed by atoms with E-state index in [0.29, 0.717) is 12.8 Å². The van der Waals surface area contributed by atoms with Crippen molar-refractivity contribution in [2.24, 2.45) is 0 Å². The van der Waals surface area contributed by atoms with E-state index in [1.165, 1.54) is 0 Å². The van der Waals surface area contributed by atoms with E-state index in [2.05, 4.69) is 10.6 Å².